The van der Waals surface area contributed by atoms with E-state index in [9.17, 15) is 13.2 Å². The van der Waals surface area contributed by atoms with Gasteiger partial charge in [0.05, 0.1) is 17.7 Å². The second-order valence-corrected chi connectivity index (χ2v) is 9.11. The van der Waals surface area contributed by atoms with E-state index in [0.29, 0.717) is 17.9 Å². The van der Waals surface area contributed by atoms with Crippen LogP contribution in [0.1, 0.15) is 35.6 Å². The maximum atomic E-state index is 12.8. The van der Waals surface area contributed by atoms with E-state index < -0.39 is 10.0 Å². The Hall–Kier alpha value is -3.17. The van der Waals surface area contributed by atoms with E-state index in [-0.39, 0.29) is 22.5 Å². The summed E-state index contributed by atoms with van der Waals surface area (Å²) in [6.45, 7) is 6.06. The second-order valence-electron chi connectivity index (χ2n) is 7.39. The van der Waals surface area contributed by atoms with Gasteiger partial charge in [-0.3, -0.25) is 4.79 Å². The summed E-state index contributed by atoms with van der Waals surface area (Å²) in [6.07, 6.45) is 3.65. The van der Waals surface area contributed by atoms with Gasteiger partial charge in [-0.15, -0.1) is 0 Å². The minimum atomic E-state index is -3.71. The molecule has 2 aromatic carbocycles. The number of rotatable bonds is 8. The van der Waals surface area contributed by atoms with E-state index in [0.717, 1.165) is 11.4 Å². The number of aryl methyl sites for hydroxylation is 1. The normalized spacial score (nSPS) is 11.5. The number of hydrogen-bond acceptors (Lipinski definition) is 5. The van der Waals surface area contributed by atoms with Gasteiger partial charge in [0.25, 0.3) is 5.91 Å². The number of hydrogen-bond donors (Lipinski definition) is 2. The smallest absolute Gasteiger partial charge is 0.255 e. The molecule has 0 aliphatic rings. The van der Waals surface area contributed by atoms with Crippen LogP contribution >= 0.6 is 0 Å². The minimum Gasteiger partial charge on any atom is -0.495 e. The van der Waals surface area contributed by atoms with Crippen molar-refractivity contribution in [2.75, 3.05) is 12.4 Å². The Morgan fingerprint density at radius 2 is 1.87 bits per heavy atom. The quantitative estimate of drug-likeness (QED) is 0.558. The predicted molar refractivity (Wildman–Crippen MR) is 119 cm³/mol. The number of amides is 1. The Balaban J connectivity index is 1.79. The number of aromatic nitrogens is 2. The number of carbonyl (C=O) groups is 1. The van der Waals surface area contributed by atoms with Gasteiger partial charge in [0, 0.05) is 30.5 Å². The van der Waals surface area contributed by atoms with E-state index in [1.165, 1.54) is 25.3 Å². The van der Waals surface area contributed by atoms with Crippen LogP contribution in [0.15, 0.2) is 59.8 Å². The zero-order chi connectivity index (χ0) is 22.6. The van der Waals surface area contributed by atoms with E-state index in [2.05, 4.69) is 15.0 Å². The van der Waals surface area contributed by atoms with Crippen LogP contribution in [-0.4, -0.2) is 37.0 Å². The van der Waals surface area contributed by atoms with Gasteiger partial charge in [0.15, 0.2) is 0 Å². The monoisotopic (exact) mass is 442 g/mol. The summed E-state index contributed by atoms with van der Waals surface area (Å²) in [4.78, 5) is 17.0. The van der Waals surface area contributed by atoms with E-state index in [1.807, 2.05) is 29.8 Å². The molecule has 3 rings (SSSR count). The van der Waals surface area contributed by atoms with Crippen molar-refractivity contribution in [3.63, 3.8) is 0 Å². The fourth-order valence-corrected chi connectivity index (χ4v) is 4.33. The fraction of sp³-hybridized carbons (Fsp3) is 0.273. The Morgan fingerprint density at radius 1 is 1.16 bits per heavy atom. The van der Waals surface area contributed by atoms with E-state index >= 15 is 0 Å². The highest BCUT2D eigenvalue weighted by Crippen LogP contribution is 2.28. The molecule has 0 saturated heterocycles. The molecule has 3 aromatic rings. The fourth-order valence-electron chi connectivity index (χ4n) is 3.05. The number of ether oxygens (including phenoxy) is 1. The van der Waals surface area contributed by atoms with Crippen LogP contribution in [0.4, 0.5) is 5.69 Å². The van der Waals surface area contributed by atoms with Crippen molar-refractivity contribution in [3.8, 4) is 5.75 Å². The SMILES string of the molecule is COc1ccc(S(=O)(=O)NC(C)C)cc1NC(=O)c1ccc(Cn2ccnc2C)cc1. The topological polar surface area (TPSA) is 102 Å². The molecule has 1 amide bonds. The molecular weight excluding hydrogens is 416 g/mol. The first kappa shape index (κ1) is 22.5. The minimum absolute atomic E-state index is 0.0448. The van der Waals surface area contributed by atoms with Gasteiger partial charge >= 0.3 is 0 Å². The highest BCUT2D eigenvalue weighted by atomic mass is 32.2. The van der Waals surface area contributed by atoms with Crippen LogP contribution in [-0.2, 0) is 16.6 Å². The predicted octanol–water partition coefficient (Wildman–Crippen LogP) is 3.19. The van der Waals surface area contributed by atoms with Crippen molar-refractivity contribution >= 4 is 21.6 Å². The molecule has 164 valence electrons. The first-order valence-corrected chi connectivity index (χ1v) is 11.3. The summed E-state index contributed by atoms with van der Waals surface area (Å²) in [6, 6.07) is 11.3. The summed E-state index contributed by atoms with van der Waals surface area (Å²) in [5.74, 6) is 0.912. The van der Waals surface area contributed by atoms with Crippen LogP contribution in [0.25, 0.3) is 0 Å². The molecule has 0 bridgehead atoms. The number of nitrogens with one attached hydrogen (secondary N) is 2. The lowest BCUT2D eigenvalue weighted by Gasteiger charge is -2.14. The Morgan fingerprint density at radius 3 is 2.45 bits per heavy atom. The molecule has 9 heteroatoms. The number of nitrogens with zero attached hydrogens (tertiary/aromatic N) is 2. The standard InChI is InChI=1S/C22H26N4O4S/c1-15(2)25-31(28,29)19-9-10-21(30-4)20(13-19)24-22(27)18-7-5-17(6-8-18)14-26-12-11-23-16(26)3/h5-13,15,25H,14H2,1-4H3,(H,24,27). The Bertz CT molecular complexity index is 1170. The van der Waals surface area contributed by atoms with Gasteiger partial charge in [-0.25, -0.2) is 18.1 Å². The van der Waals surface area contributed by atoms with Crippen molar-refractivity contribution in [2.45, 2.75) is 38.3 Å². The molecule has 0 saturated carbocycles. The number of carbonyl (C=O) groups excluding carboxylic acids is 1. The van der Waals surface area contributed by atoms with Crippen molar-refractivity contribution in [1.29, 1.82) is 0 Å². The molecule has 0 unspecified atom stereocenters. The summed E-state index contributed by atoms with van der Waals surface area (Å²) in [5.41, 5.74) is 1.75. The van der Waals surface area contributed by atoms with Gasteiger partial charge in [-0.1, -0.05) is 12.1 Å². The van der Waals surface area contributed by atoms with Crippen molar-refractivity contribution in [1.82, 2.24) is 14.3 Å². The van der Waals surface area contributed by atoms with Gasteiger partial charge in [0.2, 0.25) is 10.0 Å². The van der Waals surface area contributed by atoms with Crippen molar-refractivity contribution in [2.24, 2.45) is 0 Å². The second kappa shape index (κ2) is 9.32. The van der Waals surface area contributed by atoms with Gasteiger partial charge < -0.3 is 14.6 Å². The molecule has 8 nitrogen and oxygen atoms in total. The van der Waals surface area contributed by atoms with Crippen LogP contribution in [0.3, 0.4) is 0 Å². The zero-order valence-electron chi connectivity index (χ0n) is 17.9. The summed E-state index contributed by atoms with van der Waals surface area (Å²) in [7, 11) is -2.25. The lowest BCUT2D eigenvalue weighted by Crippen LogP contribution is -2.30. The number of sulfonamides is 1. The molecule has 0 radical (unpaired) electrons. The molecular formula is C22H26N4O4S. The largest absolute Gasteiger partial charge is 0.495 e. The van der Waals surface area contributed by atoms with Crippen LogP contribution in [0, 0.1) is 6.92 Å². The number of benzene rings is 2. The van der Waals surface area contributed by atoms with Crippen LogP contribution in [0.2, 0.25) is 0 Å². The average Bonchev–Trinajstić information content (AvgIpc) is 3.12. The molecule has 0 spiro atoms. The van der Waals surface area contributed by atoms with Gasteiger partial charge in [-0.05, 0) is 56.7 Å². The van der Waals surface area contributed by atoms with E-state index in [4.69, 9.17) is 4.74 Å². The van der Waals surface area contributed by atoms with Crippen LogP contribution < -0.4 is 14.8 Å². The number of imidazole rings is 1. The average molecular weight is 443 g/mol. The van der Waals surface area contributed by atoms with Gasteiger partial charge in [-0.2, -0.15) is 0 Å². The lowest BCUT2D eigenvalue weighted by molar-refractivity contribution is 0.102. The molecule has 0 atom stereocenters. The first-order valence-electron chi connectivity index (χ1n) is 9.78. The molecule has 0 aliphatic carbocycles. The summed E-state index contributed by atoms with van der Waals surface area (Å²) < 4.78 is 34.8. The highest BCUT2D eigenvalue weighted by Gasteiger charge is 2.19. The molecule has 31 heavy (non-hydrogen) atoms. The van der Waals surface area contributed by atoms with Crippen molar-refractivity contribution < 1.29 is 17.9 Å². The maximum Gasteiger partial charge on any atom is 0.255 e. The van der Waals surface area contributed by atoms with Gasteiger partial charge in [0.1, 0.15) is 11.6 Å². The first-order chi connectivity index (χ1) is 14.7. The Kier molecular flexibility index (Phi) is 6.77. The third kappa shape index (κ3) is 5.50. The third-order valence-corrected chi connectivity index (χ3v) is 6.27. The maximum absolute atomic E-state index is 12.8. The molecule has 1 aromatic heterocycles. The lowest BCUT2D eigenvalue weighted by atomic mass is 10.1. The Labute approximate surface area is 182 Å². The molecule has 2 N–H and O–H groups in total. The summed E-state index contributed by atoms with van der Waals surface area (Å²) in [5, 5.41) is 2.75. The van der Waals surface area contributed by atoms with Crippen molar-refractivity contribution in [3.05, 3.63) is 71.8 Å². The summed E-state index contributed by atoms with van der Waals surface area (Å²) >= 11 is 0. The van der Waals surface area contributed by atoms with E-state index in [1.54, 1.807) is 32.2 Å². The third-order valence-electron chi connectivity index (χ3n) is 4.61. The molecule has 0 fully saturated rings. The van der Waals surface area contributed by atoms with Crippen LogP contribution in [0.5, 0.6) is 5.75 Å². The number of methoxy groups -OCH3 is 1. The number of anilines is 1. The molecule has 1 heterocycles. The molecule has 0 aliphatic heterocycles. The highest BCUT2D eigenvalue weighted by molar-refractivity contribution is 7.89. The zero-order valence-corrected chi connectivity index (χ0v) is 18.7.